The van der Waals surface area contributed by atoms with Gasteiger partial charge in [0.05, 0.1) is 5.56 Å². The Hall–Kier alpha value is -4.57. The fourth-order valence-electron chi connectivity index (χ4n) is 3.94. The Kier molecular flexibility index (Phi) is 8.36. The number of amides is 2. The molecule has 0 unspecified atom stereocenters. The van der Waals surface area contributed by atoms with Crippen LogP contribution in [0.4, 0.5) is 18.9 Å². The number of nitrogens with two attached hydrogens (primary N) is 1. The number of hydrogen-bond acceptors (Lipinski definition) is 5. The third-order valence-corrected chi connectivity index (χ3v) is 5.94. The molecule has 0 saturated carbocycles. The van der Waals surface area contributed by atoms with Crippen LogP contribution in [0.3, 0.4) is 0 Å². The van der Waals surface area contributed by atoms with E-state index in [2.05, 4.69) is 10.6 Å². The number of furan rings is 1. The van der Waals surface area contributed by atoms with Crippen molar-refractivity contribution in [2.45, 2.75) is 32.3 Å². The Bertz CT molecular complexity index is 1430. The molecule has 7 nitrogen and oxygen atoms in total. The molecule has 202 valence electrons. The van der Waals surface area contributed by atoms with Gasteiger partial charge in [0.2, 0.25) is 0 Å². The Morgan fingerprint density at radius 3 is 2.33 bits per heavy atom. The Labute approximate surface area is 222 Å². The van der Waals surface area contributed by atoms with Gasteiger partial charge < -0.3 is 25.5 Å². The van der Waals surface area contributed by atoms with Crippen molar-refractivity contribution in [2.24, 2.45) is 5.73 Å². The van der Waals surface area contributed by atoms with Gasteiger partial charge in [0.1, 0.15) is 36.0 Å². The van der Waals surface area contributed by atoms with Gasteiger partial charge in [-0.3, -0.25) is 9.59 Å². The molecule has 1 aromatic heterocycles. The number of nitrogens with one attached hydrogen (secondary N) is 2. The molecule has 0 radical (unpaired) electrons. The summed E-state index contributed by atoms with van der Waals surface area (Å²) in [5, 5.41) is 5.14. The molecule has 39 heavy (non-hydrogen) atoms. The lowest BCUT2D eigenvalue weighted by atomic mass is 10.0. The minimum Gasteiger partial charge on any atom is -0.489 e. The standard InChI is InChI=1S/C29H26F3N3O4/c1-18-25(24(17-38-18)29(30,31)32)27(36)35-26(28(37)34-22-9-5-8-20(14-22)15-33)21-10-12-23(13-11-21)39-16-19-6-3-2-4-7-19/h2-14,17,26H,15-16,33H2,1H3,(H,34,37)(H,35,36)/t26-/m0/s1. The van der Waals surface area contributed by atoms with Crippen molar-refractivity contribution in [1.29, 1.82) is 0 Å². The van der Waals surface area contributed by atoms with Crippen LogP contribution in [0.5, 0.6) is 5.75 Å². The van der Waals surface area contributed by atoms with E-state index in [0.29, 0.717) is 29.9 Å². The molecular weight excluding hydrogens is 511 g/mol. The van der Waals surface area contributed by atoms with Gasteiger partial charge in [0, 0.05) is 12.2 Å². The molecule has 0 aliphatic carbocycles. The lowest BCUT2D eigenvalue weighted by molar-refractivity contribution is -0.138. The van der Waals surface area contributed by atoms with Gasteiger partial charge in [-0.15, -0.1) is 0 Å². The van der Waals surface area contributed by atoms with Crippen LogP contribution < -0.4 is 21.1 Å². The Balaban J connectivity index is 1.60. The average molecular weight is 538 g/mol. The summed E-state index contributed by atoms with van der Waals surface area (Å²) in [4.78, 5) is 26.4. The molecule has 4 rings (SSSR count). The van der Waals surface area contributed by atoms with Crippen LogP contribution in [0.1, 0.15) is 44.4 Å². The van der Waals surface area contributed by atoms with Crippen molar-refractivity contribution in [3.05, 3.63) is 119 Å². The van der Waals surface area contributed by atoms with Crippen molar-refractivity contribution >= 4 is 17.5 Å². The highest BCUT2D eigenvalue weighted by molar-refractivity contribution is 6.02. The van der Waals surface area contributed by atoms with E-state index in [1.54, 1.807) is 48.5 Å². The maximum atomic E-state index is 13.5. The second-order valence-electron chi connectivity index (χ2n) is 8.72. The minimum absolute atomic E-state index is 0.223. The fourth-order valence-corrected chi connectivity index (χ4v) is 3.94. The zero-order chi connectivity index (χ0) is 28.0. The van der Waals surface area contributed by atoms with Gasteiger partial charge in [-0.05, 0) is 47.9 Å². The summed E-state index contributed by atoms with van der Waals surface area (Å²) in [5.74, 6) is -1.48. The van der Waals surface area contributed by atoms with Gasteiger partial charge in [0.15, 0.2) is 0 Å². The maximum Gasteiger partial charge on any atom is 0.420 e. The highest BCUT2D eigenvalue weighted by Gasteiger charge is 2.39. The van der Waals surface area contributed by atoms with E-state index in [-0.39, 0.29) is 12.3 Å². The fraction of sp³-hybridized carbons (Fsp3) is 0.172. The molecule has 0 fully saturated rings. The normalized spacial score (nSPS) is 12.0. The molecule has 1 atom stereocenters. The Morgan fingerprint density at radius 1 is 0.974 bits per heavy atom. The van der Waals surface area contributed by atoms with Crippen molar-refractivity contribution in [2.75, 3.05) is 5.32 Å². The summed E-state index contributed by atoms with van der Waals surface area (Å²) in [6, 6.07) is 21.3. The minimum atomic E-state index is -4.82. The van der Waals surface area contributed by atoms with E-state index in [1.807, 2.05) is 30.3 Å². The molecule has 4 N–H and O–H groups in total. The number of alkyl halides is 3. The summed E-state index contributed by atoms with van der Waals surface area (Å²) in [6.45, 7) is 1.81. The van der Waals surface area contributed by atoms with Gasteiger partial charge in [0.25, 0.3) is 11.8 Å². The number of carbonyl (C=O) groups excluding carboxylic acids is 2. The zero-order valence-corrected chi connectivity index (χ0v) is 20.9. The van der Waals surface area contributed by atoms with Gasteiger partial charge in [-0.2, -0.15) is 13.2 Å². The molecule has 4 aromatic rings. The van der Waals surface area contributed by atoms with E-state index >= 15 is 0 Å². The second-order valence-corrected chi connectivity index (χ2v) is 8.72. The monoisotopic (exact) mass is 537 g/mol. The number of carbonyl (C=O) groups is 2. The first-order valence-corrected chi connectivity index (χ1v) is 12.0. The number of aryl methyl sites for hydroxylation is 1. The summed E-state index contributed by atoms with van der Waals surface area (Å²) in [6.07, 6.45) is -4.33. The number of rotatable bonds is 9. The number of benzene rings is 3. The van der Waals surface area contributed by atoms with Crippen LogP contribution in [-0.4, -0.2) is 11.8 Å². The predicted octanol–water partition coefficient (Wildman–Crippen LogP) is 5.75. The molecule has 2 amide bonds. The van der Waals surface area contributed by atoms with Crippen LogP contribution in [0.25, 0.3) is 0 Å². The van der Waals surface area contributed by atoms with E-state index < -0.39 is 35.2 Å². The van der Waals surface area contributed by atoms with Crippen LogP contribution in [0.2, 0.25) is 0 Å². The summed E-state index contributed by atoms with van der Waals surface area (Å²) in [7, 11) is 0. The van der Waals surface area contributed by atoms with Gasteiger partial charge >= 0.3 is 6.18 Å². The lowest BCUT2D eigenvalue weighted by Crippen LogP contribution is -2.37. The van der Waals surface area contributed by atoms with E-state index in [9.17, 15) is 22.8 Å². The largest absolute Gasteiger partial charge is 0.489 e. The van der Waals surface area contributed by atoms with Crippen LogP contribution >= 0.6 is 0 Å². The summed E-state index contributed by atoms with van der Waals surface area (Å²) >= 11 is 0. The van der Waals surface area contributed by atoms with Crippen LogP contribution in [0, 0.1) is 6.92 Å². The average Bonchev–Trinajstić information content (AvgIpc) is 3.33. The number of anilines is 1. The third kappa shape index (κ3) is 6.85. The first kappa shape index (κ1) is 27.5. The first-order valence-electron chi connectivity index (χ1n) is 12.0. The smallest absolute Gasteiger partial charge is 0.420 e. The molecule has 0 aliphatic rings. The zero-order valence-electron chi connectivity index (χ0n) is 20.9. The van der Waals surface area contributed by atoms with Crippen molar-refractivity contribution < 1.29 is 31.9 Å². The molecule has 1 heterocycles. The lowest BCUT2D eigenvalue weighted by Gasteiger charge is -2.20. The van der Waals surface area contributed by atoms with E-state index in [4.69, 9.17) is 14.9 Å². The summed E-state index contributed by atoms with van der Waals surface area (Å²) in [5.41, 5.74) is 6.24. The number of ether oxygens (including phenoxy) is 1. The molecule has 10 heteroatoms. The van der Waals surface area contributed by atoms with Gasteiger partial charge in [-0.1, -0.05) is 54.6 Å². The van der Waals surface area contributed by atoms with Crippen molar-refractivity contribution in [3.8, 4) is 5.75 Å². The quantitative estimate of drug-likeness (QED) is 0.252. The summed E-state index contributed by atoms with van der Waals surface area (Å²) < 4.78 is 51.2. The first-order chi connectivity index (χ1) is 18.7. The van der Waals surface area contributed by atoms with Crippen LogP contribution in [-0.2, 0) is 24.1 Å². The van der Waals surface area contributed by atoms with E-state index in [1.165, 1.54) is 6.92 Å². The molecule has 0 bridgehead atoms. The SMILES string of the molecule is Cc1occ(C(F)(F)F)c1C(=O)N[C@H](C(=O)Nc1cccc(CN)c1)c1ccc(OCc2ccccc2)cc1. The number of halogens is 3. The molecule has 0 aliphatic heterocycles. The number of hydrogen-bond donors (Lipinski definition) is 3. The molecular formula is C29H26F3N3O4. The molecule has 3 aromatic carbocycles. The van der Waals surface area contributed by atoms with Gasteiger partial charge in [-0.25, -0.2) is 0 Å². The van der Waals surface area contributed by atoms with Crippen molar-refractivity contribution in [3.63, 3.8) is 0 Å². The highest BCUT2D eigenvalue weighted by atomic mass is 19.4. The molecule has 0 spiro atoms. The third-order valence-electron chi connectivity index (χ3n) is 5.94. The van der Waals surface area contributed by atoms with E-state index in [0.717, 1.165) is 11.1 Å². The highest BCUT2D eigenvalue weighted by Crippen LogP contribution is 2.35. The maximum absolute atomic E-state index is 13.5. The van der Waals surface area contributed by atoms with Crippen LogP contribution in [0.15, 0.2) is 89.5 Å². The topological polar surface area (TPSA) is 107 Å². The Morgan fingerprint density at radius 2 is 1.67 bits per heavy atom. The molecule has 0 saturated heterocycles. The predicted molar refractivity (Wildman–Crippen MR) is 139 cm³/mol. The second kappa shape index (κ2) is 11.9. The van der Waals surface area contributed by atoms with Crippen molar-refractivity contribution in [1.82, 2.24) is 5.32 Å².